The minimum Gasteiger partial charge on any atom is -0.204 e. The third-order valence-corrected chi connectivity index (χ3v) is 4.26. The lowest BCUT2D eigenvalue weighted by atomic mass is 9.98. The standard InChI is InChI=1S/C19H14ClF3/c1-2-3-11-4-6-14-12(8-11)5-7-15(18(14)20)13-9-16(21)19(23)17(22)10-13/h4-10H,2-3H2,1H3. The summed E-state index contributed by atoms with van der Waals surface area (Å²) in [5, 5.41) is 2.16. The Morgan fingerprint density at radius 3 is 2.26 bits per heavy atom. The molecule has 0 unspecified atom stereocenters. The Balaban J connectivity index is 2.16. The molecular formula is C19H14ClF3. The van der Waals surface area contributed by atoms with Gasteiger partial charge in [0.15, 0.2) is 17.5 Å². The minimum absolute atomic E-state index is 0.214. The fraction of sp³-hybridized carbons (Fsp3) is 0.158. The molecule has 0 fully saturated rings. The third kappa shape index (κ3) is 2.93. The molecule has 4 heteroatoms. The number of hydrogen-bond acceptors (Lipinski definition) is 0. The van der Waals surface area contributed by atoms with Gasteiger partial charge in [-0.05, 0) is 35.1 Å². The Morgan fingerprint density at radius 2 is 1.61 bits per heavy atom. The van der Waals surface area contributed by atoms with Crippen LogP contribution in [0.5, 0.6) is 0 Å². The van der Waals surface area contributed by atoms with Gasteiger partial charge in [-0.15, -0.1) is 0 Å². The summed E-state index contributed by atoms with van der Waals surface area (Å²) in [5.41, 5.74) is 1.90. The van der Waals surface area contributed by atoms with Crippen molar-refractivity contribution < 1.29 is 13.2 Å². The second-order valence-electron chi connectivity index (χ2n) is 5.49. The molecule has 0 aromatic heterocycles. The highest BCUT2D eigenvalue weighted by Gasteiger charge is 2.14. The van der Waals surface area contributed by atoms with Gasteiger partial charge < -0.3 is 0 Å². The lowest BCUT2D eigenvalue weighted by Crippen LogP contribution is -1.93. The summed E-state index contributed by atoms with van der Waals surface area (Å²) >= 11 is 6.41. The summed E-state index contributed by atoms with van der Waals surface area (Å²) in [5.74, 6) is -3.93. The molecule has 0 bridgehead atoms. The topological polar surface area (TPSA) is 0 Å². The van der Waals surface area contributed by atoms with Crippen LogP contribution in [0.2, 0.25) is 5.02 Å². The van der Waals surface area contributed by atoms with E-state index < -0.39 is 17.5 Å². The first-order chi connectivity index (χ1) is 11.0. The van der Waals surface area contributed by atoms with Crippen molar-refractivity contribution in [1.82, 2.24) is 0 Å². The lowest BCUT2D eigenvalue weighted by molar-refractivity contribution is 0.448. The number of aryl methyl sites for hydroxylation is 1. The second kappa shape index (κ2) is 6.25. The van der Waals surface area contributed by atoms with Gasteiger partial charge in [-0.25, -0.2) is 13.2 Å². The monoisotopic (exact) mass is 334 g/mol. The largest absolute Gasteiger partial charge is 0.204 e. The van der Waals surface area contributed by atoms with E-state index in [1.165, 1.54) is 5.56 Å². The number of rotatable bonds is 3. The molecule has 3 aromatic carbocycles. The lowest BCUT2D eigenvalue weighted by Gasteiger charge is -2.10. The van der Waals surface area contributed by atoms with Crippen LogP contribution in [0.15, 0.2) is 42.5 Å². The van der Waals surface area contributed by atoms with E-state index in [0.717, 1.165) is 35.7 Å². The first kappa shape index (κ1) is 15.9. The number of benzene rings is 3. The van der Waals surface area contributed by atoms with Crippen LogP contribution >= 0.6 is 11.6 Å². The van der Waals surface area contributed by atoms with E-state index >= 15 is 0 Å². The van der Waals surface area contributed by atoms with E-state index in [9.17, 15) is 13.2 Å². The van der Waals surface area contributed by atoms with E-state index in [0.29, 0.717) is 10.6 Å². The molecular weight excluding hydrogens is 321 g/mol. The number of fused-ring (bicyclic) bond motifs is 1. The van der Waals surface area contributed by atoms with Gasteiger partial charge in [0, 0.05) is 10.9 Å². The quantitative estimate of drug-likeness (QED) is 0.478. The van der Waals surface area contributed by atoms with Gasteiger partial charge in [0.25, 0.3) is 0 Å². The van der Waals surface area contributed by atoms with Gasteiger partial charge in [-0.1, -0.05) is 55.3 Å². The van der Waals surface area contributed by atoms with Crippen molar-refractivity contribution in [2.45, 2.75) is 19.8 Å². The smallest absolute Gasteiger partial charge is 0.194 e. The van der Waals surface area contributed by atoms with Crippen molar-refractivity contribution in [3.8, 4) is 11.1 Å². The maximum Gasteiger partial charge on any atom is 0.194 e. The zero-order chi connectivity index (χ0) is 16.6. The van der Waals surface area contributed by atoms with Crippen molar-refractivity contribution in [3.05, 3.63) is 70.5 Å². The van der Waals surface area contributed by atoms with Crippen LogP contribution in [0.1, 0.15) is 18.9 Å². The van der Waals surface area contributed by atoms with Crippen LogP contribution in [0.3, 0.4) is 0 Å². The van der Waals surface area contributed by atoms with E-state index in [2.05, 4.69) is 13.0 Å². The minimum atomic E-state index is -1.48. The van der Waals surface area contributed by atoms with E-state index in [1.807, 2.05) is 18.2 Å². The predicted octanol–water partition coefficient (Wildman–Crippen LogP) is 6.53. The van der Waals surface area contributed by atoms with Crippen LogP contribution in [0.4, 0.5) is 13.2 Å². The average molecular weight is 335 g/mol. The molecule has 0 aliphatic rings. The van der Waals surface area contributed by atoms with Crippen molar-refractivity contribution in [1.29, 1.82) is 0 Å². The van der Waals surface area contributed by atoms with Crippen molar-refractivity contribution >= 4 is 22.4 Å². The number of halogens is 4. The van der Waals surface area contributed by atoms with Gasteiger partial charge in [0.1, 0.15) is 0 Å². The van der Waals surface area contributed by atoms with Gasteiger partial charge in [0.2, 0.25) is 0 Å². The molecule has 0 aliphatic heterocycles. The van der Waals surface area contributed by atoms with Crippen LogP contribution in [-0.2, 0) is 6.42 Å². The Kier molecular flexibility index (Phi) is 4.31. The van der Waals surface area contributed by atoms with Gasteiger partial charge >= 0.3 is 0 Å². The Bertz CT molecular complexity index is 864. The normalized spacial score (nSPS) is 11.2. The van der Waals surface area contributed by atoms with Crippen LogP contribution < -0.4 is 0 Å². The highest BCUT2D eigenvalue weighted by atomic mass is 35.5. The first-order valence-electron chi connectivity index (χ1n) is 7.37. The molecule has 0 radical (unpaired) electrons. The van der Waals surface area contributed by atoms with Crippen molar-refractivity contribution in [2.24, 2.45) is 0 Å². The number of hydrogen-bond donors (Lipinski definition) is 0. The molecule has 0 N–H and O–H groups in total. The van der Waals surface area contributed by atoms with E-state index in [-0.39, 0.29) is 5.56 Å². The Labute approximate surface area is 137 Å². The molecule has 3 aromatic rings. The van der Waals surface area contributed by atoms with Gasteiger partial charge in [-0.2, -0.15) is 0 Å². The molecule has 118 valence electrons. The van der Waals surface area contributed by atoms with Crippen LogP contribution in [-0.4, -0.2) is 0 Å². The summed E-state index contributed by atoms with van der Waals surface area (Å²) < 4.78 is 40.0. The molecule has 0 atom stereocenters. The van der Waals surface area contributed by atoms with E-state index in [4.69, 9.17) is 11.6 Å². The third-order valence-electron chi connectivity index (χ3n) is 3.85. The summed E-state index contributed by atoms with van der Waals surface area (Å²) in [6, 6.07) is 11.4. The van der Waals surface area contributed by atoms with E-state index in [1.54, 1.807) is 6.07 Å². The fourth-order valence-corrected chi connectivity index (χ4v) is 3.06. The molecule has 0 nitrogen and oxygen atoms in total. The SMILES string of the molecule is CCCc1ccc2c(Cl)c(-c3cc(F)c(F)c(F)c3)ccc2c1. The summed E-state index contributed by atoms with van der Waals surface area (Å²) in [7, 11) is 0. The van der Waals surface area contributed by atoms with Gasteiger partial charge in [0.05, 0.1) is 5.02 Å². The maximum atomic E-state index is 13.5. The zero-order valence-electron chi connectivity index (χ0n) is 12.5. The second-order valence-corrected chi connectivity index (χ2v) is 5.86. The highest BCUT2D eigenvalue weighted by molar-refractivity contribution is 6.38. The van der Waals surface area contributed by atoms with Crippen LogP contribution in [0, 0.1) is 17.5 Å². The van der Waals surface area contributed by atoms with Gasteiger partial charge in [-0.3, -0.25) is 0 Å². The molecule has 0 aliphatic carbocycles. The molecule has 0 spiro atoms. The molecule has 0 heterocycles. The van der Waals surface area contributed by atoms with Crippen molar-refractivity contribution in [2.75, 3.05) is 0 Å². The molecule has 0 saturated heterocycles. The fourth-order valence-electron chi connectivity index (χ4n) is 2.72. The van der Waals surface area contributed by atoms with Crippen molar-refractivity contribution in [3.63, 3.8) is 0 Å². The summed E-state index contributed by atoms with van der Waals surface area (Å²) in [4.78, 5) is 0. The summed E-state index contributed by atoms with van der Waals surface area (Å²) in [6.07, 6.45) is 2.02. The maximum absolute atomic E-state index is 13.5. The zero-order valence-corrected chi connectivity index (χ0v) is 13.2. The molecule has 23 heavy (non-hydrogen) atoms. The molecule has 0 amide bonds. The highest BCUT2D eigenvalue weighted by Crippen LogP contribution is 2.35. The average Bonchev–Trinajstić information content (AvgIpc) is 2.53. The molecule has 0 saturated carbocycles. The molecule has 3 rings (SSSR count). The Hall–Kier alpha value is -2.00. The summed E-state index contributed by atoms with van der Waals surface area (Å²) in [6.45, 7) is 2.11. The van der Waals surface area contributed by atoms with Crippen LogP contribution in [0.25, 0.3) is 21.9 Å². The predicted molar refractivity (Wildman–Crippen MR) is 88.3 cm³/mol. The Morgan fingerprint density at radius 1 is 0.913 bits per heavy atom. The first-order valence-corrected chi connectivity index (χ1v) is 7.75.